The van der Waals surface area contributed by atoms with Gasteiger partial charge in [0, 0.05) is 68.9 Å². The molecule has 0 aromatic heterocycles. The SMILES string of the molecule is C=C[C@]1(C)C[C@@H](OC(=O)COS(=O)(=O)c2ccc(C)cc2)[C@]2(C)C(C)CC[C@]3(CCC(=O)[C@H]32)[C@@H](C)[C@@H]1O.C=C[C@]1(C)C[C@@H](OC(=O)CS[C@@H]2CC[C@@H](NC(=O)OC(C)(C)C)C[C@H]2O)[C@]2(C)C(C)CC[C@]3(CCC(=O)[C@H]32)[C@@H](C)[C@@H]1O.CC(C)(C)OC(=O)N[C@@H]1CC[C@@H](S)[C@H](O)C1. The summed E-state index contributed by atoms with van der Waals surface area (Å²) in [5.41, 5.74) is -3.51. The Bertz CT molecular complexity index is 3060. The van der Waals surface area contributed by atoms with E-state index in [2.05, 4.69) is 64.1 Å². The molecule has 2 unspecified atom stereocenters. The number of aliphatic hydroxyl groups excluding tert-OH is 4. The lowest BCUT2D eigenvalue weighted by Gasteiger charge is -2.61. The van der Waals surface area contributed by atoms with Crippen LogP contribution in [0.3, 0.4) is 0 Å². The molecule has 19 nitrogen and oxygen atoms in total. The fourth-order valence-corrected chi connectivity index (χ4v) is 20.3. The fraction of sp³-hybridized carbons (Fsp3) is 0.781. The van der Waals surface area contributed by atoms with Crippen LogP contribution in [0.5, 0.6) is 0 Å². The average Bonchev–Trinajstić information content (AvgIpc) is 1.66. The zero-order chi connectivity index (χ0) is 71.0. The summed E-state index contributed by atoms with van der Waals surface area (Å²) in [5.74, 6) is -1.24. The maximum Gasteiger partial charge on any atom is 0.407 e. The van der Waals surface area contributed by atoms with Gasteiger partial charge in [0.25, 0.3) is 10.1 Å². The van der Waals surface area contributed by atoms with Crippen LogP contribution in [0.15, 0.2) is 54.5 Å². The number of carbonyl (C=O) groups is 6. The number of ether oxygens (including phenoxy) is 4. The van der Waals surface area contributed by atoms with Gasteiger partial charge in [0.05, 0.1) is 35.1 Å². The van der Waals surface area contributed by atoms with Crippen LogP contribution in [0.2, 0.25) is 0 Å². The van der Waals surface area contributed by atoms with E-state index in [1.54, 1.807) is 24.3 Å². The van der Waals surface area contributed by atoms with Crippen LogP contribution in [-0.2, 0) is 52.4 Å². The van der Waals surface area contributed by atoms with Crippen LogP contribution in [0, 0.1) is 74.9 Å². The van der Waals surface area contributed by atoms with Crippen molar-refractivity contribution in [3.63, 3.8) is 0 Å². The Morgan fingerprint density at radius 2 is 1.06 bits per heavy atom. The van der Waals surface area contributed by atoms with Gasteiger partial charge in [-0.15, -0.1) is 24.9 Å². The number of aliphatic hydroxyl groups is 4. The predicted molar refractivity (Wildman–Crippen MR) is 369 cm³/mol. The molecule has 95 heavy (non-hydrogen) atoms. The molecule has 22 heteroatoms. The van der Waals surface area contributed by atoms with E-state index in [0.29, 0.717) is 51.4 Å². The molecule has 1 aromatic carbocycles. The van der Waals surface area contributed by atoms with Crippen molar-refractivity contribution in [2.75, 3.05) is 12.4 Å². The molecule has 9 rings (SSSR count). The second kappa shape index (κ2) is 30.0. The van der Waals surface area contributed by atoms with E-state index in [9.17, 15) is 57.6 Å². The Morgan fingerprint density at radius 1 is 0.642 bits per heavy atom. The molecule has 1 aromatic rings. The summed E-state index contributed by atoms with van der Waals surface area (Å²) >= 11 is 5.65. The minimum atomic E-state index is -4.15. The number of thioether (sulfide) groups is 1. The average molecular weight is 1390 g/mol. The maximum absolute atomic E-state index is 13.6. The van der Waals surface area contributed by atoms with E-state index in [0.717, 1.165) is 50.5 Å². The summed E-state index contributed by atoms with van der Waals surface area (Å²) in [4.78, 5) is 77.2. The van der Waals surface area contributed by atoms with Crippen LogP contribution in [0.4, 0.5) is 9.59 Å². The predicted octanol–water partition coefficient (Wildman–Crippen LogP) is 11.8. The monoisotopic (exact) mass is 1390 g/mol. The van der Waals surface area contributed by atoms with Crippen molar-refractivity contribution in [3.8, 4) is 0 Å². The summed E-state index contributed by atoms with van der Waals surface area (Å²) < 4.78 is 53.2. The van der Waals surface area contributed by atoms with Gasteiger partial charge >= 0.3 is 24.1 Å². The first-order valence-corrected chi connectivity index (χ1v) is 37.6. The number of ketones is 2. The highest BCUT2D eigenvalue weighted by Gasteiger charge is 2.70. The highest BCUT2D eigenvalue weighted by Crippen LogP contribution is 2.70. The molecule has 6 N–H and O–H groups in total. The molecule has 0 aliphatic heterocycles. The number of rotatable bonds is 13. The van der Waals surface area contributed by atoms with Gasteiger partial charge in [0.15, 0.2) is 6.61 Å². The third-order valence-corrected chi connectivity index (χ3v) is 27.4. The van der Waals surface area contributed by atoms with E-state index >= 15 is 0 Å². The van der Waals surface area contributed by atoms with Crippen molar-refractivity contribution in [2.45, 2.75) is 282 Å². The highest BCUT2D eigenvalue weighted by molar-refractivity contribution is 8.00. The van der Waals surface area contributed by atoms with Crippen molar-refractivity contribution in [3.05, 3.63) is 55.1 Å². The second-order valence-electron chi connectivity index (χ2n) is 32.5. The molecular formula is C73H114N2O17S3. The summed E-state index contributed by atoms with van der Waals surface area (Å²) in [7, 11) is -4.15. The normalized spacial score (nSPS) is 40.1. The molecule has 0 spiro atoms. The summed E-state index contributed by atoms with van der Waals surface area (Å²) in [6.45, 7) is 36.6. The van der Waals surface area contributed by atoms with Gasteiger partial charge in [-0.1, -0.05) is 85.2 Å². The molecule has 8 aliphatic carbocycles. The molecular weight excluding hydrogens is 1270 g/mol. The summed E-state index contributed by atoms with van der Waals surface area (Å²) in [5, 5.41) is 49.2. The van der Waals surface area contributed by atoms with Crippen molar-refractivity contribution in [1.29, 1.82) is 0 Å². The summed E-state index contributed by atoms with van der Waals surface area (Å²) in [6.07, 6.45) is 9.33. The maximum atomic E-state index is 13.6. The largest absolute Gasteiger partial charge is 0.461 e. The number of hydrogen-bond donors (Lipinski definition) is 7. The smallest absolute Gasteiger partial charge is 0.407 e. The number of nitrogens with one attached hydrogen (secondary N) is 2. The van der Waals surface area contributed by atoms with Crippen LogP contribution in [0.25, 0.3) is 0 Å². The molecule has 8 fully saturated rings. The third kappa shape index (κ3) is 16.9. The number of thiol groups is 1. The zero-order valence-electron chi connectivity index (χ0n) is 59.2. The number of amides is 2. The van der Waals surface area contributed by atoms with Crippen molar-refractivity contribution in [2.24, 2.45) is 68.0 Å². The Kier molecular flexibility index (Phi) is 24.8. The molecule has 8 saturated carbocycles. The van der Waals surface area contributed by atoms with E-state index < -0.39 is 104 Å². The number of carbonyl (C=O) groups excluding carboxylic acids is 6. The van der Waals surface area contributed by atoms with E-state index in [1.807, 2.05) is 76.2 Å². The summed E-state index contributed by atoms with van der Waals surface area (Å²) in [6, 6.07) is 5.98. The Balaban J connectivity index is 0.000000220. The lowest BCUT2D eigenvalue weighted by molar-refractivity contribution is -0.207. The number of benzene rings is 1. The number of hydrogen-bond acceptors (Lipinski definition) is 19. The molecule has 8 aliphatic rings. The fourth-order valence-electron chi connectivity index (χ4n) is 18.1. The van der Waals surface area contributed by atoms with E-state index in [4.69, 9.17) is 23.1 Å². The first-order valence-electron chi connectivity index (χ1n) is 34.6. The number of aryl methyl sites for hydroxylation is 1. The van der Waals surface area contributed by atoms with Crippen molar-refractivity contribution >= 4 is 70.2 Å². The first-order chi connectivity index (χ1) is 43.9. The van der Waals surface area contributed by atoms with Crippen LogP contribution in [-0.4, -0.2) is 147 Å². The molecule has 2 amide bonds. The lowest BCUT2D eigenvalue weighted by Crippen LogP contribution is -2.63. The molecule has 0 heterocycles. The zero-order valence-corrected chi connectivity index (χ0v) is 61.7. The van der Waals surface area contributed by atoms with Crippen LogP contribution in [0.1, 0.15) is 205 Å². The molecule has 4 bridgehead atoms. The molecule has 0 radical (unpaired) electrons. The quantitative estimate of drug-likeness (QED) is 0.0318. The molecule has 22 atom stereocenters. The Hall–Kier alpha value is -4.03. The van der Waals surface area contributed by atoms with Crippen molar-refractivity contribution < 1.29 is 80.7 Å². The number of alkyl carbamates (subject to hydrolysis) is 2. The van der Waals surface area contributed by atoms with Crippen LogP contribution < -0.4 is 10.6 Å². The van der Waals surface area contributed by atoms with Gasteiger partial charge in [-0.05, 0) is 185 Å². The highest BCUT2D eigenvalue weighted by atomic mass is 32.2. The second-order valence-corrected chi connectivity index (χ2v) is 36.0. The Labute approximate surface area is 575 Å². The molecule has 0 saturated heterocycles. The Morgan fingerprint density at radius 3 is 1.47 bits per heavy atom. The minimum absolute atomic E-state index is 0.00625. The van der Waals surface area contributed by atoms with Crippen LogP contribution >= 0.6 is 24.4 Å². The minimum Gasteiger partial charge on any atom is -0.461 e. The van der Waals surface area contributed by atoms with Gasteiger partial charge in [-0.25, -0.2) is 14.4 Å². The topological polar surface area (TPSA) is 288 Å². The molecule has 536 valence electrons. The standard InChI is InChI=1S/C33H53NO7S.C29H40O7S.C11H21NO3S/c1-9-31(7)17-25(32(8)19(2)12-14-33(20(3)28(31)38)15-13-22(35)27(32)33)40-26(37)18-42-24-11-10-21(16-23(24)36)34-29(39)41-30(4,5)6;1-7-27(5)16-23(36-24(31)17-35-37(33,34)21-10-8-18(2)9-11-21)28(6)19(3)12-14-29(20(4)26(27)32)15-13-22(30)25(28)29;1-11(2,3)15-10(14)12-7-4-5-9(16)8(13)6-7/h9,19-21,23-25,27-28,36,38H,1,10-18H2,2-8H3,(H,34,39);7-11,19-20,23,25-26,32H,1,12-17H2,2-6H3;7-9,13,16H,4-6H2,1-3H3,(H,12,14)/t19?,20-,21+,23+,24+,25+,27-,28-,31+,32-,33-;19?,20-,23+,25-,26-,27+,28-,29-;7-,8-,9-/m001/s1. The van der Waals surface area contributed by atoms with Crippen molar-refractivity contribution in [1.82, 2.24) is 10.6 Å². The van der Waals surface area contributed by atoms with Gasteiger partial charge < -0.3 is 50.0 Å². The number of Topliss-reactive ketones (excluding diaryl/α,β-unsaturated/α-hetero) is 2. The lowest BCUT2D eigenvalue weighted by atomic mass is 9.44. The van der Waals surface area contributed by atoms with Gasteiger partial charge in [0.1, 0.15) is 35.0 Å². The van der Waals surface area contributed by atoms with Gasteiger partial charge in [-0.2, -0.15) is 21.0 Å². The first kappa shape index (κ1) is 78.3. The van der Waals surface area contributed by atoms with Gasteiger partial charge in [0.2, 0.25) is 0 Å². The van der Waals surface area contributed by atoms with E-state index in [1.165, 1.54) is 23.9 Å². The van der Waals surface area contributed by atoms with Gasteiger partial charge in [-0.3, -0.25) is 18.6 Å². The number of esters is 2. The third-order valence-electron chi connectivity index (χ3n) is 24.2. The van der Waals surface area contributed by atoms with E-state index in [-0.39, 0.29) is 104 Å².